The quantitative estimate of drug-likeness (QED) is 0.781. The fourth-order valence-electron chi connectivity index (χ4n) is 1.93. The van der Waals surface area contributed by atoms with Crippen LogP contribution in [-0.2, 0) is 9.84 Å². The average molecular weight is 279 g/mol. The van der Waals surface area contributed by atoms with Crippen molar-refractivity contribution in [1.82, 2.24) is 4.98 Å². The molecule has 1 aromatic heterocycles. The van der Waals surface area contributed by atoms with E-state index in [4.69, 9.17) is 11.6 Å². The Bertz CT molecular complexity index is 535. The maximum absolute atomic E-state index is 13.7. The Balaban J connectivity index is 2.29. The minimum atomic E-state index is -3.01. The molecule has 0 spiro atoms. The first-order chi connectivity index (χ1) is 7.89. The van der Waals surface area contributed by atoms with E-state index in [1.807, 2.05) is 0 Å². The largest absolute Gasteiger partial charge is 0.349 e. The molecule has 7 heteroatoms. The molecule has 0 saturated carbocycles. The van der Waals surface area contributed by atoms with Crippen LogP contribution in [0.3, 0.4) is 0 Å². The zero-order chi connectivity index (χ0) is 12.6. The van der Waals surface area contributed by atoms with Crippen LogP contribution in [-0.4, -0.2) is 37.5 Å². The Hall–Kier alpha value is -0.880. The number of halogens is 2. The maximum Gasteiger partial charge on any atom is 0.167 e. The molecule has 94 valence electrons. The Morgan fingerprint density at radius 2 is 2.29 bits per heavy atom. The molecule has 4 nitrogen and oxygen atoms in total. The van der Waals surface area contributed by atoms with Gasteiger partial charge in [-0.25, -0.2) is 17.8 Å². The molecule has 0 aliphatic carbocycles. The molecule has 1 aliphatic rings. The summed E-state index contributed by atoms with van der Waals surface area (Å²) in [6.45, 7) is 2.00. The van der Waals surface area contributed by atoms with Crippen molar-refractivity contribution in [2.45, 2.75) is 13.0 Å². The van der Waals surface area contributed by atoms with Crippen LogP contribution in [0.2, 0.25) is 5.02 Å². The van der Waals surface area contributed by atoms with Crippen molar-refractivity contribution in [2.24, 2.45) is 0 Å². The van der Waals surface area contributed by atoms with E-state index in [0.29, 0.717) is 0 Å². The van der Waals surface area contributed by atoms with Crippen LogP contribution in [0.25, 0.3) is 0 Å². The lowest BCUT2D eigenvalue weighted by molar-refractivity contribution is 0.554. The van der Waals surface area contributed by atoms with Crippen LogP contribution in [0.15, 0.2) is 12.3 Å². The second-order valence-corrected chi connectivity index (χ2v) is 6.78. The molecule has 1 aliphatic heterocycles. The summed E-state index contributed by atoms with van der Waals surface area (Å²) in [6.07, 6.45) is 1.36. The van der Waals surface area contributed by atoms with Crippen molar-refractivity contribution in [2.75, 3.05) is 23.0 Å². The van der Waals surface area contributed by atoms with Gasteiger partial charge in [0.1, 0.15) is 0 Å². The molecular formula is C10H12ClFN2O2S. The Kier molecular flexibility index (Phi) is 3.27. The first-order valence-electron chi connectivity index (χ1n) is 5.17. The number of pyridine rings is 1. The van der Waals surface area contributed by atoms with Crippen molar-refractivity contribution in [3.05, 3.63) is 23.1 Å². The second-order valence-electron chi connectivity index (χ2n) is 4.12. The molecule has 0 N–H and O–H groups in total. The smallest absolute Gasteiger partial charge is 0.167 e. The molecule has 1 aromatic rings. The van der Waals surface area contributed by atoms with Crippen molar-refractivity contribution in [3.8, 4) is 0 Å². The monoisotopic (exact) mass is 278 g/mol. The first-order valence-corrected chi connectivity index (χ1v) is 7.37. The second kappa shape index (κ2) is 4.42. The van der Waals surface area contributed by atoms with Gasteiger partial charge in [0.25, 0.3) is 0 Å². The lowest BCUT2D eigenvalue weighted by Crippen LogP contribution is -2.47. The third-order valence-corrected chi connectivity index (χ3v) is 4.73. The van der Waals surface area contributed by atoms with Gasteiger partial charge in [-0.15, -0.1) is 0 Å². The Labute approximate surface area is 104 Å². The third-order valence-electron chi connectivity index (χ3n) is 2.73. The minimum Gasteiger partial charge on any atom is -0.349 e. The summed E-state index contributed by atoms with van der Waals surface area (Å²) in [5, 5.41) is 0.225. The highest BCUT2D eigenvalue weighted by atomic mass is 35.5. The van der Waals surface area contributed by atoms with E-state index in [-0.39, 0.29) is 34.9 Å². The molecule has 0 aromatic carbocycles. The highest BCUT2D eigenvalue weighted by molar-refractivity contribution is 7.91. The number of nitrogens with zero attached hydrogens (tertiary/aromatic N) is 2. The highest BCUT2D eigenvalue weighted by Gasteiger charge is 2.30. The van der Waals surface area contributed by atoms with E-state index < -0.39 is 15.7 Å². The molecule has 0 amide bonds. The standard InChI is InChI=1S/C10H12ClFN2O2S/c1-7-6-17(15,16)3-2-14(7)10-9(12)4-8(11)5-13-10/h4-5,7H,2-3,6H2,1H3. The summed E-state index contributed by atoms with van der Waals surface area (Å²) in [5.74, 6) is -0.307. The van der Waals surface area contributed by atoms with Crippen molar-refractivity contribution in [1.29, 1.82) is 0 Å². The predicted molar refractivity (Wildman–Crippen MR) is 64.7 cm³/mol. The van der Waals surface area contributed by atoms with Crippen LogP contribution in [0.1, 0.15) is 6.92 Å². The topological polar surface area (TPSA) is 50.3 Å². The van der Waals surface area contributed by atoms with Gasteiger partial charge in [0.15, 0.2) is 21.5 Å². The van der Waals surface area contributed by atoms with Gasteiger partial charge < -0.3 is 4.90 Å². The Morgan fingerprint density at radius 1 is 1.59 bits per heavy atom. The molecule has 1 saturated heterocycles. The van der Waals surface area contributed by atoms with Gasteiger partial charge in [-0.1, -0.05) is 11.6 Å². The van der Waals surface area contributed by atoms with E-state index in [2.05, 4.69) is 4.98 Å². The van der Waals surface area contributed by atoms with Gasteiger partial charge in [-0.3, -0.25) is 0 Å². The molecule has 17 heavy (non-hydrogen) atoms. The fourth-order valence-corrected chi connectivity index (χ4v) is 3.63. The van der Waals surface area contributed by atoms with E-state index in [9.17, 15) is 12.8 Å². The van der Waals surface area contributed by atoms with Crippen molar-refractivity contribution in [3.63, 3.8) is 0 Å². The molecule has 0 radical (unpaired) electrons. The van der Waals surface area contributed by atoms with Crippen LogP contribution in [0.5, 0.6) is 0 Å². The number of sulfone groups is 1. The molecule has 2 rings (SSSR count). The SMILES string of the molecule is CC1CS(=O)(=O)CCN1c1ncc(Cl)cc1F. The van der Waals surface area contributed by atoms with Gasteiger partial charge >= 0.3 is 0 Å². The average Bonchev–Trinajstić information content (AvgIpc) is 2.18. The van der Waals surface area contributed by atoms with Crippen LogP contribution in [0, 0.1) is 5.82 Å². The fraction of sp³-hybridized carbons (Fsp3) is 0.500. The molecule has 2 heterocycles. The lowest BCUT2D eigenvalue weighted by atomic mass is 10.3. The third kappa shape index (κ3) is 2.69. The van der Waals surface area contributed by atoms with E-state index >= 15 is 0 Å². The lowest BCUT2D eigenvalue weighted by Gasteiger charge is -2.34. The highest BCUT2D eigenvalue weighted by Crippen LogP contribution is 2.24. The van der Waals surface area contributed by atoms with Crippen molar-refractivity contribution < 1.29 is 12.8 Å². The van der Waals surface area contributed by atoms with Gasteiger partial charge in [-0.2, -0.15) is 0 Å². The summed E-state index contributed by atoms with van der Waals surface area (Å²) in [6, 6.07) is 0.900. The van der Waals surface area contributed by atoms with E-state index in [0.717, 1.165) is 0 Å². The zero-order valence-corrected chi connectivity index (χ0v) is 10.8. The van der Waals surface area contributed by atoms with E-state index in [1.165, 1.54) is 12.3 Å². The van der Waals surface area contributed by atoms with Crippen LogP contribution < -0.4 is 4.90 Å². The summed E-state index contributed by atoms with van der Waals surface area (Å²) in [7, 11) is -3.01. The Morgan fingerprint density at radius 3 is 2.88 bits per heavy atom. The summed E-state index contributed by atoms with van der Waals surface area (Å²) >= 11 is 5.62. The van der Waals surface area contributed by atoms with Gasteiger partial charge in [0.2, 0.25) is 0 Å². The number of hydrogen-bond donors (Lipinski definition) is 0. The van der Waals surface area contributed by atoms with Crippen molar-refractivity contribution >= 4 is 27.3 Å². The molecule has 1 unspecified atom stereocenters. The predicted octanol–water partition coefficient (Wildman–Crippen LogP) is 1.50. The number of anilines is 1. The van der Waals surface area contributed by atoms with Crippen LogP contribution in [0.4, 0.5) is 10.2 Å². The molecule has 0 bridgehead atoms. The molecule has 1 fully saturated rings. The summed E-state index contributed by atoms with van der Waals surface area (Å²) < 4.78 is 36.5. The minimum absolute atomic E-state index is 0.0246. The maximum atomic E-state index is 13.7. The van der Waals surface area contributed by atoms with Gasteiger partial charge in [-0.05, 0) is 13.0 Å². The van der Waals surface area contributed by atoms with Crippen LogP contribution >= 0.6 is 11.6 Å². The summed E-state index contributed by atoms with van der Waals surface area (Å²) in [5.41, 5.74) is 0. The van der Waals surface area contributed by atoms with Gasteiger partial charge in [0.05, 0.1) is 16.5 Å². The number of aromatic nitrogens is 1. The molecular weight excluding hydrogens is 267 g/mol. The van der Waals surface area contributed by atoms with E-state index in [1.54, 1.807) is 11.8 Å². The normalized spacial score (nSPS) is 23.7. The number of rotatable bonds is 1. The van der Waals surface area contributed by atoms with Gasteiger partial charge in [0, 0.05) is 18.8 Å². The zero-order valence-electron chi connectivity index (χ0n) is 9.23. The number of hydrogen-bond acceptors (Lipinski definition) is 4. The summed E-state index contributed by atoms with van der Waals surface area (Å²) in [4.78, 5) is 5.58. The molecule has 1 atom stereocenters. The first kappa shape index (κ1) is 12.6.